The van der Waals surface area contributed by atoms with Crippen molar-refractivity contribution in [1.29, 1.82) is 5.26 Å². The molecule has 1 aromatic carbocycles. The molecular formula is C19H15BrN4O2. The average molecular weight is 411 g/mol. The van der Waals surface area contributed by atoms with Gasteiger partial charge >= 0.3 is 0 Å². The first-order chi connectivity index (χ1) is 12.5. The number of anilines is 2. The molecule has 1 aliphatic heterocycles. The second kappa shape index (κ2) is 6.15. The number of fused-ring (bicyclic) bond motifs is 1. The van der Waals surface area contributed by atoms with Crippen LogP contribution in [0.3, 0.4) is 0 Å². The molecule has 0 unspecified atom stereocenters. The van der Waals surface area contributed by atoms with Crippen LogP contribution in [0, 0.1) is 11.3 Å². The SMILES string of the molecule is N#Cc1c(N)nc(N)c2c1OC1=C(C(=O)CCC1)[C@H]2c1cccc(Br)c1. The minimum Gasteiger partial charge on any atom is -0.459 e. The number of benzene rings is 1. The molecule has 4 rings (SSSR count). The Labute approximate surface area is 158 Å². The number of ketones is 1. The van der Waals surface area contributed by atoms with E-state index in [0.717, 1.165) is 16.5 Å². The van der Waals surface area contributed by atoms with Gasteiger partial charge in [0.25, 0.3) is 0 Å². The van der Waals surface area contributed by atoms with Crippen LogP contribution in [-0.2, 0) is 4.79 Å². The summed E-state index contributed by atoms with van der Waals surface area (Å²) in [5, 5.41) is 9.53. The van der Waals surface area contributed by atoms with Crippen LogP contribution in [0.4, 0.5) is 11.6 Å². The number of nitrogens with two attached hydrogens (primary N) is 2. The Bertz CT molecular complexity index is 1020. The number of hydrogen-bond acceptors (Lipinski definition) is 6. The van der Waals surface area contributed by atoms with Gasteiger partial charge in [0.1, 0.15) is 29.0 Å². The Kier molecular flexibility index (Phi) is 3.93. The smallest absolute Gasteiger partial charge is 0.163 e. The molecule has 2 aliphatic rings. The molecule has 1 atom stereocenters. The second-order valence-electron chi connectivity index (χ2n) is 6.32. The maximum Gasteiger partial charge on any atom is 0.163 e. The lowest BCUT2D eigenvalue weighted by atomic mass is 9.76. The molecule has 4 N–H and O–H groups in total. The highest BCUT2D eigenvalue weighted by atomic mass is 79.9. The van der Waals surface area contributed by atoms with Crippen molar-refractivity contribution in [3.63, 3.8) is 0 Å². The second-order valence-corrected chi connectivity index (χ2v) is 7.23. The molecule has 0 saturated heterocycles. The van der Waals surface area contributed by atoms with Gasteiger partial charge in [-0.1, -0.05) is 28.1 Å². The van der Waals surface area contributed by atoms with Crippen molar-refractivity contribution >= 4 is 33.3 Å². The lowest BCUT2D eigenvalue weighted by molar-refractivity contribution is -0.116. The Morgan fingerprint density at radius 1 is 1.27 bits per heavy atom. The molecule has 0 fully saturated rings. The zero-order valence-corrected chi connectivity index (χ0v) is 15.3. The van der Waals surface area contributed by atoms with Crippen molar-refractivity contribution < 1.29 is 9.53 Å². The number of nitrogens with zero attached hydrogens (tertiary/aromatic N) is 2. The van der Waals surface area contributed by atoms with E-state index < -0.39 is 5.92 Å². The molecule has 2 aromatic rings. The van der Waals surface area contributed by atoms with Crippen molar-refractivity contribution in [3.8, 4) is 11.8 Å². The average Bonchev–Trinajstić information content (AvgIpc) is 2.60. The third-order valence-electron chi connectivity index (χ3n) is 4.75. The standard InChI is InChI=1S/C19H15BrN4O2/c20-10-4-1-3-9(7-10)14-15-12(25)5-2-6-13(15)26-17-11(8-21)18(22)24-19(23)16(14)17/h1,3-4,7,14H,2,5-6H2,(H4,22,23,24)/t14-/m1/s1. The Morgan fingerprint density at radius 2 is 2.08 bits per heavy atom. The predicted molar refractivity (Wildman–Crippen MR) is 100 cm³/mol. The van der Waals surface area contributed by atoms with Crippen LogP contribution in [0.25, 0.3) is 0 Å². The maximum atomic E-state index is 12.7. The van der Waals surface area contributed by atoms with Gasteiger partial charge in [0.2, 0.25) is 0 Å². The van der Waals surface area contributed by atoms with E-state index in [1.165, 1.54) is 0 Å². The van der Waals surface area contributed by atoms with Gasteiger partial charge in [-0.3, -0.25) is 4.79 Å². The Hall–Kier alpha value is -2.85. The summed E-state index contributed by atoms with van der Waals surface area (Å²) in [4.78, 5) is 16.9. The Balaban J connectivity index is 2.06. The van der Waals surface area contributed by atoms with E-state index in [1.807, 2.05) is 24.3 Å². The fourth-order valence-electron chi connectivity index (χ4n) is 3.66. The van der Waals surface area contributed by atoms with E-state index >= 15 is 0 Å². The normalized spacial score (nSPS) is 18.6. The number of Topliss-reactive ketones (excluding diaryl/α,β-unsaturated/α-hetero) is 1. The third kappa shape index (κ3) is 2.45. The largest absolute Gasteiger partial charge is 0.459 e. The van der Waals surface area contributed by atoms with E-state index in [0.29, 0.717) is 35.5 Å². The number of allylic oxidation sites excluding steroid dienone is 2. The van der Waals surface area contributed by atoms with Crippen LogP contribution in [0.1, 0.15) is 41.9 Å². The van der Waals surface area contributed by atoms with Crippen molar-refractivity contribution in [1.82, 2.24) is 4.98 Å². The molecule has 2 heterocycles. The number of halogens is 1. The highest BCUT2D eigenvalue weighted by Crippen LogP contribution is 2.50. The first kappa shape index (κ1) is 16.6. The maximum absolute atomic E-state index is 12.7. The summed E-state index contributed by atoms with van der Waals surface area (Å²) in [5.41, 5.74) is 14.2. The number of pyridine rings is 1. The molecule has 1 aliphatic carbocycles. The molecule has 7 heteroatoms. The lowest BCUT2D eigenvalue weighted by Gasteiger charge is -2.33. The van der Waals surface area contributed by atoms with Gasteiger partial charge in [-0.05, 0) is 24.1 Å². The first-order valence-electron chi connectivity index (χ1n) is 8.19. The van der Waals surface area contributed by atoms with Crippen molar-refractivity contribution in [2.24, 2.45) is 0 Å². The number of carbonyl (C=O) groups is 1. The van der Waals surface area contributed by atoms with Crippen LogP contribution in [0.15, 0.2) is 40.1 Å². The summed E-state index contributed by atoms with van der Waals surface area (Å²) in [6.07, 6.45) is 1.82. The summed E-state index contributed by atoms with van der Waals surface area (Å²) in [7, 11) is 0. The van der Waals surface area contributed by atoms with Gasteiger partial charge in [-0.25, -0.2) is 4.98 Å². The molecule has 0 saturated carbocycles. The van der Waals surface area contributed by atoms with Crippen LogP contribution in [0.5, 0.6) is 5.75 Å². The topological polar surface area (TPSA) is 115 Å². The number of hydrogen-bond donors (Lipinski definition) is 2. The van der Waals surface area contributed by atoms with E-state index in [1.54, 1.807) is 0 Å². The molecule has 0 radical (unpaired) electrons. The third-order valence-corrected chi connectivity index (χ3v) is 5.24. The molecule has 0 spiro atoms. The number of ether oxygens (including phenoxy) is 1. The van der Waals surface area contributed by atoms with Crippen LogP contribution >= 0.6 is 15.9 Å². The zero-order chi connectivity index (χ0) is 18.4. The van der Waals surface area contributed by atoms with Crippen molar-refractivity contribution in [3.05, 3.63) is 56.8 Å². The predicted octanol–water partition coefficient (Wildman–Crippen LogP) is 3.41. The molecule has 1 aromatic heterocycles. The van der Waals surface area contributed by atoms with Gasteiger partial charge in [-0.2, -0.15) is 5.26 Å². The van der Waals surface area contributed by atoms with Crippen molar-refractivity contribution in [2.45, 2.75) is 25.2 Å². The van der Waals surface area contributed by atoms with Gasteiger partial charge in [0, 0.05) is 28.8 Å². The molecule has 0 amide bonds. The zero-order valence-electron chi connectivity index (χ0n) is 13.8. The Morgan fingerprint density at radius 3 is 2.81 bits per heavy atom. The van der Waals surface area contributed by atoms with Gasteiger partial charge in [-0.15, -0.1) is 0 Å². The molecule has 0 bridgehead atoms. The van der Waals surface area contributed by atoms with Gasteiger partial charge in [0.05, 0.1) is 5.56 Å². The summed E-state index contributed by atoms with van der Waals surface area (Å²) in [6, 6.07) is 9.73. The fourth-order valence-corrected chi connectivity index (χ4v) is 4.07. The first-order valence-corrected chi connectivity index (χ1v) is 8.99. The van der Waals surface area contributed by atoms with Gasteiger partial charge < -0.3 is 16.2 Å². The van der Waals surface area contributed by atoms with E-state index in [2.05, 4.69) is 27.0 Å². The van der Waals surface area contributed by atoms with E-state index in [-0.39, 0.29) is 23.0 Å². The highest BCUT2D eigenvalue weighted by Gasteiger charge is 2.40. The molecule has 130 valence electrons. The summed E-state index contributed by atoms with van der Waals surface area (Å²) < 4.78 is 6.88. The lowest BCUT2D eigenvalue weighted by Crippen LogP contribution is -2.27. The molecule has 6 nitrogen and oxygen atoms in total. The fraction of sp³-hybridized carbons (Fsp3) is 0.211. The molecular weight excluding hydrogens is 396 g/mol. The van der Waals surface area contributed by atoms with E-state index in [4.69, 9.17) is 16.2 Å². The van der Waals surface area contributed by atoms with Crippen LogP contribution in [-0.4, -0.2) is 10.8 Å². The summed E-state index contributed by atoms with van der Waals surface area (Å²) >= 11 is 3.48. The quantitative estimate of drug-likeness (QED) is 0.743. The monoisotopic (exact) mass is 410 g/mol. The van der Waals surface area contributed by atoms with Crippen LogP contribution in [0.2, 0.25) is 0 Å². The highest BCUT2D eigenvalue weighted by molar-refractivity contribution is 9.10. The number of nitriles is 1. The van der Waals surface area contributed by atoms with Crippen molar-refractivity contribution in [2.75, 3.05) is 11.5 Å². The van der Waals surface area contributed by atoms with Crippen LogP contribution < -0.4 is 16.2 Å². The number of nitrogen functional groups attached to an aromatic ring is 2. The van der Waals surface area contributed by atoms with E-state index in [9.17, 15) is 10.1 Å². The summed E-state index contributed by atoms with van der Waals surface area (Å²) in [6.45, 7) is 0. The summed E-state index contributed by atoms with van der Waals surface area (Å²) in [5.74, 6) is 0.723. The minimum absolute atomic E-state index is 0.0305. The number of rotatable bonds is 1. The number of carbonyl (C=O) groups excluding carboxylic acids is 1. The van der Waals surface area contributed by atoms with Gasteiger partial charge in [0.15, 0.2) is 11.5 Å². The number of aromatic nitrogens is 1. The minimum atomic E-state index is -0.431. The molecule has 26 heavy (non-hydrogen) atoms.